The number of amides is 3. The molecule has 1 aromatic rings. The van der Waals surface area contributed by atoms with E-state index in [-0.39, 0.29) is 30.6 Å². The third kappa shape index (κ3) is 5.62. The van der Waals surface area contributed by atoms with Crippen LogP contribution >= 0.6 is 0 Å². The molecule has 2 aliphatic rings. The second-order valence-corrected chi connectivity index (χ2v) is 6.59. The van der Waals surface area contributed by atoms with Crippen LogP contribution in [0.1, 0.15) is 31.2 Å². The van der Waals surface area contributed by atoms with Gasteiger partial charge in [-0.05, 0) is 31.2 Å². The maximum atomic E-state index is 12.2. The van der Waals surface area contributed by atoms with E-state index in [0.29, 0.717) is 13.1 Å². The Morgan fingerprint density at radius 1 is 1.17 bits per heavy atom. The molecule has 0 radical (unpaired) electrons. The minimum Gasteiger partial charge on any atom is -0.377 e. The molecule has 24 heavy (non-hydrogen) atoms. The molecule has 2 N–H and O–H groups in total. The fourth-order valence-electron chi connectivity index (χ4n) is 2.92. The molecule has 1 aliphatic heterocycles. The van der Waals surface area contributed by atoms with Crippen LogP contribution in [0.25, 0.3) is 0 Å². The zero-order chi connectivity index (χ0) is 16.8. The van der Waals surface area contributed by atoms with Crippen molar-refractivity contribution in [3.8, 4) is 0 Å². The summed E-state index contributed by atoms with van der Waals surface area (Å²) in [5.41, 5.74) is 1.14. The maximum absolute atomic E-state index is 12.2. The Labute approximate surface area is 142 Å². The first-order valence-corrected chi connectivity index (χ1v) is 8.67. The number of hydrogen-bond acceptors (Lipinski definition) is 4. The lowest BCUT2D eigenvalue weighted by atomic mass is 10.2. The first kappa shape index (κ1) is 16.9. The molecule has 0 bridgehead atoms. The van der Waals surface area contributed by atoms with Crippen molar-refractivity contribution in [3.63, 3.8) is 0 Å². The number of nitrogens with one attached hydrogen (secondary N) is 2. The Hall–Kier alpha value is -1.92. The fourth-order valence-corrected chi connectivity index (χ4v) is 2.92. The summed E-state index contributed by atoms with van der Waals surface area (Å²) in [7, 11) is 0. The molecule has 1 unspecified atom stereocenters. The largest absolute Gasteiger partial charge is 0.377 e. The molecular weight excluding hydrogens is 306 g/mol. The van der Waals surface area contributed by atoms with E-state index in [2.05, 4.69) is 10.6 Å². The Morgan fingerprint density at radius 3 is 2.62 bits per heavy atom. The molecular formula is C18H25N3O3. The van der Waals surface area contributed by atoms with Gasteiger partial charge in [0.25, 0.3) is 0 Å². The van der Waals surface area contributed by atoms with Crippen LogP contribution in [0.4, 0.5) is 4.79 Å². The first-order valence-electron chi connectivity index (χ1n) is 8.67. The molecule has 1 saturated heterocycles. The number of carbonyl (C=O) groups excluding carboxylic acids is 2. The second-order valence-electron chi connectivity index (χ2n) is 6.59. The summed E-state index contributed by atoms with van der Waals surface area (Å²) in [6.45, 7) is 2.34. The van der Waals surface area contributed by atoms with Gasteiger partial charge in [-0.1, -0.05) is 30.3 Å². The monoisotopic (exact) mass is 331 g/mol. The molecule has 3 amide bonds. The van der Waals surface area contributed by atoms with Gasteiger partial charge in [-0.2, -0.15) is 0 Å². The van der Waals surface area contributed by atoms with Crippen molar-refractivity contribution < 1.29 is 14.3 Å². The van der Waals surface area contributed by atoms with Crippen molar-refractivity contribution in [2.75, 3.05) is 19.7 Å². The number of benzene rings is 1. The van der Waals surface area contributed by atoms with E-state index in [1.807, 2.05) is 35.2 Å². The summed E-state index contributed by atoms with van der Waals surface area (Å²) in [4.78, 5) is 25.9. The summed E-state index contributed by atoms with van der Waals surface area (Å²) in [6.07, 6.45) is 4.26. The van der Waals surface area contributed by atoms with Crippen LogP contribution in [0.5, 0.6) is 0 Å². The van der Waals surface area contributed by atoms with Gasteiger partial charge < -0.3 is 10.1 Å². The van der Waals surface area contributed by atoms with Crippen molar-refractivity contribution in [3.05, 3.63) is 35.9 Å². The highest BCUT2D eigenvalue weighted by molar-refractivity contribution is 5.95. The van der Waals surface area contributed by atoms with E-state index in [0.717, 1.165) is 37.9 Å². The molecule has 0 aromatic heterocycles. The Kier molecular flexibility index (Phi) is 5.82. The lowest BCUT2D eigenvalue weighted by molar-refractivity contribution is -0.121. The van der Waals surface area contributed by atoms with E-state index in [1.165, 1.54) is 0 Å². The number of imide groups is 1. The molecule has 1 atom stereocenters. The molecule has 1 aliphatic carbocycles. The predicted octanol–water partition coefficient (Wildman–Crippen LogP) is 1.66. The predicted molar refractivity (Wildman–Crippen MR) is 90.4 cm³/mol. The smallest absolute Gasteiger partial charge is 0.321 e. The van der Waals surface area contributed by atoms with Crippen LogP contribution in [0, 0.1) is 0 Å². The maximum Gasteiger partial charge on any atom is 0.321 e. The van der Waals surface area contributed by atoms with Gasteiger partial charge in [-0.3, -0.25) is 15.0 Å². The van der Waals surface area contributed by atoms with Crippen molar-refractivity contribution in [1.29, 1.82) is 0 Å². The van der Waals surface area contributed by atoms with Crippen LogP contribution < -0.4 is 10.6 Å². The normalized spacial score (nSPS) is 20.1. The SMILES string of the molecule is O=C(CN(Cc1ccccc1)CC1CCCO1)NC(=O)NC1CC1. The van der Waals surface area contributed by atoms with Crippen molar-refractivity contribution in [1.82, 2.24) is 15.5 Å². The summed E-state index contributed by atoms with van der Waals surface area (Å²) < 4.78 is 5.69. The topological polar surface area (TPSA) is 70.7 Å². The van der Waals surface area contributed by atoms with Gasteiger partial charge in [0, 0.05) is 25.7 Å². The van der Waals surface area contributed by atoms with Gasteiger partial charge >= 0.3 is 6.03 Å². The van der Waals surface area contributed by atoms with Gasteiger partial charge in [0.15, 0.2) is 0 Å². The highest BCUT2D eigenvalue weighted by Gasteiger charge is 2.25. The van der Waals surface area contributed by atoms with E-state index < -0.39 is 0 Å². The van der Waals surface area contributed by atoms with E-state index in [9.17, 15) is 9.59 Å². The number of rotatable bonds is 7. The zero-order valence-corrected chi connectivity index (χ0v) is 13.9. The molecule has 3 rings (SSSR count). The van der Waals surface area contributed by atoms with Gasteiger partial charge in [-0.25, -0.2) is 4.79 Å². The molecule has 2 fully saturated rings. The van der Waals surface area contributed by atoms with Crippen molar-refractivity contribution in [2.24, 2.45) is 0 Å². The standard InChI is InChI=1S/C18H25N3O3/c22-17(20-18(23)19-15-8-9-15)13-21(12-16-7-4-10-24-16)11-14-5-2-1-3-6-14/h1-3,5-6,15-16H,4,7-13H2,(H2,19,20,22,23). The van der Waals surface area contributed by atoms with Gasteiger partial charge in [0.05, 0.1) is 12.6 Å². The molecule has 1 heterocycles. The van der Waals surface area contributed by atoms with Crippen LogP contribution in [0.3, 0.4) is 0 Å². The lowest BCUT2D eigenvalue weighted by Crippen LogP contribution is -2.46. The van der Waals surface area contributed by atoms with E-state index in [4.69, 9.17) is 4.74 Å². The molecule has 0 spiro atoms. The Morgan fingerprint density at radius 2 is 1.96 bits per heavy atom. The fraction of sp³-hybridized carbons (Fsp3) is 0.556. The minimum atomic E-state index is -0.390. The van der Waals surface area contributed by atoms with E-state index in [1.54, 1.807) is 0 Å². The summed E-state index contributed by atoms with van der Waals surface area (Å²) in [5, 5.41) is 5.19. The highest BCUT2D eigenvalue weighted by Crippen LogP contribution is 2.18. The lowest BCUT2D eigenvalue weighted by Gasteiger charge is -2.24. The second kappa shape index (κ2) is 8.26. The summed E-state index contributed by atoms with van der Waals surface area (Å²) >= 11 is 0. The molecule has 1 saturated carbocycles. The highest BCUT2D eigenvalue weighted by atomic mass is 16.5. The molecule has 130 valence electrons. The van der Waals surface area contributed by atoms with Crippen LogP contribution in [-0.2, 0) is 16.1 Å². The summed E-state index contributed by atoms with van der Waals surface area (Å²) in [6, 6.07) is 9.89. The quantitative estimate of drug-likeness (QED) is 0.797. The van der Waals surface area contributed by atoms with E-state index >= 15 is 0 Å². The molecule has 6 nitrogen and oxygen atoms in total. The first-order chi connectivity index (χ1) is 11.7. The summed E-state index contributed by atoms with van der Waals surface area (Å²) in [5.74, 6) is -0.276. The van der Waals surface area contributed by atoms with Crippen molar-refractivity contribution in [2.45, 2.75) is 44.4 Å². The van der Waals surface area contributed by atoms with Gasteiger partial charge in [0.2, 0.25) is 5.91 Å². The average molecular weight is 331 g/mol. The van der Waals surface area contributed by atoms with Crippen LogP contribution in [-0.4, -0.2) is 48.7 Å². The molecule has 1 aromatic carbocycles. The third-order valence-electron chi connectivity index (χ3n) is 4.27. The van der Waals surface area contributed by atoms with Crippen molar-refractivity contribution >= 4 is 11.9 Å². The van der Waals surface area contributed by atoms with Gasteiger partial charge in [-0.15, -0.1) is 0 Å². The average Bonchev–Trinajstić information content (AvgIpc) is 3.20. The molecule has 6 heteroatoms. The van der Waals surface area contributed by atoms with Crippen LogP contribution in [0.15, 0.2) is 30.3 Å². The minimum absolute atomic E-state index is 0.168. The number of urea groups is 1. The van der Waals surface area contributed by atoms with Gasteiger partial charge in [0.1, 0.15) is 0 Å². The number of nitrogens with zero attached hydrogens (tertiary/aromatic N) is 1. The third-order valence-corrected chi connectivity index (χ3v) is 4.27. The number of carbonyl (C=O) groups is 2. The zero-order valence-electron chi connectivity index (χ0n) is 13.9. The Balaban J connectivity index is 1.53. The Bertz CT molecular complexity index is 554. The van der Waals surface area contributed by atoms with Crippen LogP contribution in [0.2, 0.25) is 0 Å². The number of hydrogen-bond donors (Lipinski definition) is 2. The number of ether oxygens (including phenoxy) is 1.